The van der Waals surface area contributed by atoms with Gasteiger partial charge in [0.05, 0.1) is 6.04 Å². The van der Waals surface area contributed by atoms with Crippen molar-refractivity contribution in [3.8, 4) is 6.07 Å². The molecule has 1 aromatic rings. The molecule has 0 bridgehead atoms. The lowest BCUT2D eigenvalue weighted by atomic mass is 10.0. The minimum absolute atomic E-state index is 0.0333. The van der Waals surface area contributed by atoms with E-state index in [4.69, 9.17) is 10.00 Å². The van der Waals surface area contributed by atoms with Crippen molar-refractivity contribution < 1.29 is 4.74 Å². The molecule has 1 unspecified atom stereocenters. The first-order valence-electron chi connectivity index (χ1n) is 8.23. The molecule has 0 aliphatic heterocycles. The fourth-order valence-electron chi connectivity index (χ4n) is 2.54. The molecule has 0 N–H and O–H groups in total. The molecule has 0 aliphatic rings. The van der Waals surface area contributed by atoms with E-state index in [0.29, 0.717) is 5.76 Å². The van der Waals surface area contributed by atoms with Crippen molar-refractivity contribution in [3.05, 3.63) is 60.9 Å². The summed E-state index contributed by atoms with van der Waals surface area (Å²) in [5, 5.41) is 8.73. The van der Waals surface area contributed by atoms with E-state index in [9.17, 15) is 0 Å². The number of aryl methyl sites for hydroxylation is 1. The SMILES string of the molecule is C=CCCC(=P)N(C)C(CCCc1ccccc1)C(=C)OCC#N. The Morgan fingerprint density at radius 2 is 2.12 bits per heavy atom. The standard InChI is InChI=1S/C20H27N2OP/c1-4-5-14-20(24)22(3)19(17(2)23-16-15-21)13-9-12-18-10-7-6-8-11-18/h4,6-8,10-11,19,24H,1-2,5,9,12-14,16H2,3H3. The Hall–Kier alpha value is -1.88. The third-order valence-corrected chi connectivity index (χ3v) is 4.56. The topological polar surface area (TPSA) is 36.3 Å². The number of nitriles is 1. The molecule has 0 spiro atoms. The van der Waals surface area contributed by atoms with Gasteiger partial charge in [-0.05, 0) is 44.7 Å². The number of hydrogen-bond acceptors (Lipinski definition) is 2. The van der Waals surface area contributed by atoms with Gasteiger partial charge >= 0.3 is 0 Å². The van der Waals surface area contributed by atoms with E-state index in [2.05, 4.69) is 51.2 Å². The summed E-state index contributed by atoms with van der Waals surface area (Å²) in [5.74, 6) is 0.640. The molecule has 1 aromatic carbocycles. The second kappa shape index (κ2) is 11.6. The van der Waals surface area contributed by atoms with Crippen molar-refractivity contribution in [3.63, 3.8) is 0 Å². The first-order valence-corrected chi connectivity index (χ1v) is 8.73. The van der Waals surface area contributed by atoms with Crippen LogP contribution in [0.4, 0.5) is 0 Å². The summed E-state index contributed by atoms with van der Waals surface area (Å²) in [6.07, 6.45) is 6.65. The molecule has 0 saturated carbocycles. The zero-order valence-corrected chi connectivity index (χ0v) is 15.5. The van der Waals surface area contributed by atoms with Crippen LogP contribution >= 0.6 is 8.86 Å². The molecule has 0 heterocycles. The Morgan fingerprint density at radius 1 is 1.42 bits per heavy atom. The summed E-state index contributed by atoms with van der Waals surface area (Å²) in [7, 11) is 5.74. The fourth-order valence-corrected chi connectivity index (χ4v) is 2.84. The van der Waals surface area contributed by atoms with Crippen LogP contribution in [0.15, 0.2) is 55.3 Å². The van der Waals surface area contributed by atoms with Gasteiger partial charge in [-0.1, -0.05) is 43.0 Å². The Balaban J connectivity index is 2.66. The summed E-state index contributed by atoms with van der Waals surface area (Å²) in [6, 6.07) is 12.5. The summed E-state index contributed by atoms with van der Waals surface area (Å²) in [6.45, 7) is 7.83. The quantitative estimate of drug-likeness (QED) is 0.316. The highest BCUT2D eigenvalue weighted by atomic mass is 31.0. The van der Waals surface area contributed by atoms with Gasteiger partial charge in [-0.15, -0.1) is 15.4 Å². The van der Waals surface area contributed by atoms with Gasteiger partial charge in [0.25, 0.3) is 0 Å². The molecule has 128 valence electrons. The number of benzene rings is 1. The van der Waals surface area contributed by atoms with E-state index in [1.165, 1.54) is 5.56 Å². The lowest BCUT2D eigenvalue weighted by Gasteiger charge is -2.30. The maximum Gasteiger partial charge on any atom is 0.174 e. The van der Waals surface area contributed by atoms with E-state index in [1.807, 2.05) is 25.3 Å². The molecule has 0 aliphatic carbocycles. The van der Waals surface area contributed by atoms with Crippen molar-refractivity contribution in [1.82, 2.24) is 4.90 Å². The summed E-state index contributed by atoms with van der Waals surface area (Å²) >= 11 is 0. The summed E-state index contributed by atoms with van der Waals surface area (Å²) in [4.78, 5) is 2.14. The van der Waals surface area contributed by atoms with Gasteiger partial charge in [-0.2, -0.15) is 5.26 Å². The van der Waals surface area contributed by atoms with E-state index in [-0.39, 0.29) is 12.6 Å². The van der Waals surface area contributed by atoms with Gasteiger partial charge in [0.2, 0.25) is 0 Å². The number of hydrogen-bond donors (Lipinski definition) is 0. The number of likely N-dealkylation sites (N-methyl/N-ethyl adjacent to an activating group) is 1. The van der Waals surface area contributed by atoms with Gasteiger partial charge in [0, 0.05) is 5.42 Å². The van der Waals surface area contributed by atoms with Gasteiger partial charge in [0.1, 0.15) is 11.8 Å². The van der Waals surface area contributed by atoms with Crippen LogP contribution in [0.2, 0.25) is 0 Å². The van der Waals surface area contributed by atoms with Gasteiger partial charge in [-0.3, -0.25) is 4.90 Å². The lowest BCUT2D eigenvalue weighted by molar-refractivity contribution is 0.188. The highest BCUT2D eigenvalue weighted by Gasteiger charge is 2.21. The van der Waals surface area contributed by atoms with Crippen molar-refractivity contribution in [2.24, 2.45) is 0 Å². The maximum absolute atomic E-state index is 8.73. The van der Waals surface area contributed by atoms with Crippen LogP contribution in [-0.4, -0.2) is 30.0 Å². The predicted octanol–water partition coefficient (Wildman–Crippen LogP) is 4.60. The number of nitrogens with zero attached hydrogens (tertiary/aromatic N) is 2. The first kappa shape index (κ1) is 20.2. The lowest BCUT2D eigenvalue weighted by Crippen LogP contribution is -2.37. The van der Waals surface area contributed by atoms with Crippen molar-refractivity contribution >= 4 is 14.3 Å². The maximum atomic E-state index is 8.73. The van der Waals surface area contributed by atoms with Crippen LogP contribution in [0.25, 0.3) is 0 Å². The Kier molecular flexibility index (Phi) is 9.77. The highest BCUT2D eigenvalue weighted by molar-refractivity contribution is 7.20. The zero-order valence-electron chi connectivity index (χ0n) is 14.5. The number of ether oxygens (including phenoxy) is 1. The molecular weight excluding hydrogens is 315 g/mol. The molecule has 0 fully saturated rings. The van der Waals surface area contributed by atoms with E-state index < -0.39 is 0 Å². The van der Waals surface area contributed by atoms with Crippen LogP contribution in [0, 0.1) is 11.3 Å². The average Bonchev–Trinajstić information content (AvgIpc) is 2.61. The molecule has 0 aromatic heterocycles. The third-order valence-electron chi connectivity index (χ3n) is 3.96. The largest absolute Gasteiger partial charge is 0.482 e. The van der Waals surface area contributed by atoms with Gasteiger partial charge in [0.15, 0.2) is 6.61 Å². The molecule has 1 atom stereocenters. The van der Waals surface area contributed by atoms with E-state index in [1.54, 1.807) is 0 Å². The van der Waals surface area contributed by atoms with Crippen LogP contribution < -0.4 is 0 Å². The van der Waals surface area contributed by atoms with Gasteiger partial charge in [-0.25, -0.2) is 0 Å². The van der Waals surface area contributed by atoms with E-state index >= 15 is 0 Å². The molecule has 0 amide bonds. The van der Waals surface area contributed by atoms with Crippen molar-refractivity contribution in [2.45, 2.75) is 38.1 Å². The molecule has 3 nitrogen and oxygen atoms in total. The molecular formula is C20H27N2OP. The fraction of sp³-hybridized carbons (Fsp3) is 0.400. The molecule has 0 radical (unpaired) electrons. The molecule has 0 saturated heterocycles. The molecule has 24 heavy (non-hydrogen) atoms. The summed E-state index contributed by atoms with van der Waals surface area (Å²) in [5.41, 5.74) is 2.41. The van der Waals surface area contributed by atoms with Crippen LogP contribution in [0.5, 0.6) is 0 Å². The Bertz CT molecular complexity index is 577. The second-order valence-electron chi connectivity index (χ2n) is 5.69. The van der Waals surface area contributed by atoms with E-state index in [0.717, 1.165) is 37.5 Å². The third kappa shape index (κ3) is 7.13. The minimum Gasteiger partial charge on any atom is -0.482 e. The van der Waals surface area contributed by atoms with Crippen LogP contribution in [0.1, 0.15) is 31.2 Å². The minimum atomic E-state index is 0.0333. The summed E-state index contributed by atoms with van der Waals surface area (Å²) < 4.78 is 5.48. The Labute approximate surface area is 148 Å². The predicted molar refractivity (Wildman–Crippen MR) is 104 cm³/mol. The Morgan fingerprint density at radius 3 is 2.75 bits per heavy atom. The van der Waals surface area contributed by atoms with Gasteiger partial charge < -0.3 is 4.74 Å². The molecule has 1 rings (SSSR count). The highest BCUT2D eigenvalue weighted by Crippen LogP contribution is 2.19. The monoisotopic (exact) mass is 342 g/mol. The molecule has 4 heteroatoms. The van der Waals surface area contributed by atoms with Crippen LogP contribution in [0.3, 0.4) is 0 Å². The number of rotatable bonds is 12. The van der Waals surface area contributed by atoms with Crippen LogP contribution in [-0.2, 0) is 11.2 Å². The second-order valence-corrected chi connectivity index (χ2v) is 6.27. The average molecular weight is 342 g/mol. The first-order chi connectivity index (χ1) is 11.6. The zero-order chi connectivity index (χ0) is 17.8. The van der Waals surface area contributed by atoms with Crippen molar-refractivity contribution in [1.29, 1.82) is 5.26 Å². The van der Waals surface area contributed by atoms with Crippen molar-refractivity contribution in [2.75, 3.05) is 13.7 Å². The smallest absolute Gasteiger partial charge is 0.174 e. The normalized spacial score (nSPS) is 11.5. The number of allylic oxidation sites excluding steroid dienone is 1.